The number of benzene rings is 1. The second-order valence-electron chi connectivity index (χ2n) is 5.61. The van der Waals surface area contributed by atoms with Crippen LogP contribution in [0.2, 0.25) is 0 Å². The molecule has 2 aromatic rings. The van der Waals surface area contributed by atoms with Gasteiger partial charge in [-0.3, -0.25) is 0 Å². The van der Waals surface area contributed by atoms with Crippen LogP contribution >= 0.6 is 0 Å². The standard InChI is InChI=1S/C15H21N5O/c21-11-13-6-4-5-12(13)9-16-10-15-17-18-19-20(15)14-7-2-1-3-8-14/h1-3,7-8,12-13,16,21H,4-6,9-11H2. The Bertz CT molecular complexity index is 556. The zero-order valence-electron chi connectivity index (χ0n) is 12.0. The van der Waals surface area contributed by atoms with E-state index in [-0.39, 0.29) is 0 Å². The molecule has 0 radical (unpaired) electrons. The lowest BCUT2D eigenvalue weighted by Gasteiger charge is -2.17. The van der Waals surface area contributed by atoms with Crippen LogP contribution in [-0.2, 0) is 6.54 Å². The molecule has 112 valence electrons. The maximum atomic E-state index is 9.35. The number of hydrogen-bond donors (Lipinski definition) is 2. The third-order valence-electron chi connectivity index (χ3n) is 4.28. The average Bonchev–Trinajstić information content (AvgIpc) is 3.17. The van der Waals surface area contributed by atoms with Gasteiger partial charge in [0, 0.05) is 6.61 Å². The van der Waals surface area contributed by atoms with Crippen molar-refractivity contribution in [1.29, 1.82) is 0 Å². The van der Waals surface area contributed by atoms with Crippen LogP contribution in [0.5, 0.6) is 0 Å². The first-order valence-electron chi connectivity index (χ1n) is 7.52. The molecule has 1 saturated carbocycles. The first-order valence-corrected chi connectivity index (χ1v) is 7.52. The van der Waals surface area contributed by atoms with Gasteiger partial charge in [-0.2, -0.15) is 4.68 Å². The topological polar surface area (TPSA) is 75.9 Å². The summed E-state index contributed by atoms with van der Waals surface area (Å²) in [4.78, 5) is 0. The van der Waals surface area contributed by atoms with E-state index >= 15 is 0 Å². The number of nitrogens with zero attached hydrogens (tertiary/aromatic N) is 4. The van der Waals surface area contributed by atoms with Crippen molar-refractivity contribution in [2.24, 2.45) is 11.8 Å². The Hall–Kier alpha value is -1.79. The van der Waals surface area contributed by atoms with Crippen molar-refractivity contribution < 1.29 is 5.11 Å². The van der Waals surface area contributed by atoms with E-state index in [9.17, 15) is 5.11 Å². The molecule has 21 heavy (non-hydrogen) atoms. The minimum atomic E-state index is 0.300. The first-order chi connectivity index (χ1) is 10.4. The van der Waals surface area contributed by atoms with Crippen LogP contribution in [0.1, 0.15) is 25.1 Å². The monoisotopic (exact) mass is 287 g/mol. The summed E-state index contributed by atoms with van der Waals surface area (Å²) in [6.45, 7) is 1.84. The highest BCUT2D eigenvalue weighted by Gasteiger charge is 2.26. The number of aliphatic hydroxyl groups is 1. The van der Waals surface area contributed by atoms with Crippen LogP contribution < -0.4 is 5.32 Å². The lowest BCUT2D eigenvalue weighted by atomic mass is 9.97. The number of para-hydroxylation sites is 1. The van der Waals surface area contributed by atoms with Gasteiger partial charge in [0.05, 0.1) is 12.2 Å². The highest BCUT2D eigenvalue weighted by atomic mass is 16.3. The molecule has 1 heterocycles. The average molecular weight is 287 g/mol. The Morgan fingerprint density at radius 3 is 2.81 bits per heavy atom. The van der Waals surface area contributed by atoms with Gasteiger partial charge in [0.15, 0.2) is 5.82 Å². The number of hydrogen-bond acceptors (Lipinski definition) is 5. The maximum absolute atomic E-state index is 9.35. The fourth-order valence-electron chi connectivity index (χ4n) is 3.08. The largest absolute Gasteiger partial charge is 0.396 e. The third-order valence-corrected chi connectivity index (χ3v) is 4.28. The van der Waals surface area contributed by atoms with Gasteiger partial charge in [-0.1, -0.05) is 24.6 Å². The van der Waals surface area contributed by atoms with Crippen molar-refractivity contribution in [3.8, 4) is 5.69 Å². The van der Waals surface area contributed by atoms with Crippen molar-refractivity contribution in [2.45, 2.75) is 25.8 Å². The fraction of sp³-hybridized carbons (Fsp3) is 0.533. The van der Waals surface area contributed by atoms with Crippen LogP contribution in [0.3, 0.4) is 0 Å². The van der Waals surface area contributed by atoms with E-state index in [1.807, 2.05) is 30.3 Å². The predicted molar refractivity (Wildman–Crippen MR) is 78.8 cm³/mol. The summed E-state index contributed by atoms with van der Waals surface area (Å²) in [6.07, 6.45) is 3.56. The Labute approximate surface area is 124 Å². The second kappa shape index (κ2) is 6.78. The smallest absolute Gasteiger partial charge is 0.170 e. The fourth-order valence-corrected chi connectivity index (χ4v) is 3.08. The van der Waals surface area contributed by atoms with Crippen LogP contribution in [0.15, 0.2) is 30.3 Å². The molecule has 0 spiro atoms. The summed E-state index contributed by atoms with van der Waals surface area (Å²) in [7, 11) is 0. The number of rotatable bonds is 6. The number of tetrazole rings is 1. The molecule has 2 atom stereocenters. The Balaban J connectivity index is 1.58. The third kappa shape index (κ3) is 3.28. The molecule has 3 rings (SSSR count). The molecular weight excluding hydrogens is 266 g/mol. The Morgan fingerprint density at radius 2 is 2.00 bits per heavy atom. The molecule has 0 saturated heterocycles. The molecule has 1 aliphatic carbocycles. The highest BCUT2D eigenvalue weighted by Crippen LogP contribution is 2.30. The minimum Gasteiger partial charge on any atom is -0.396 e. The van der Waals surface area contributed by atoms with Crippen LogP contribution in [-0.4, -0.2) is 38.5 Å². The molecule has 1 aromatic heterocycles. The molecule has 6 nitrogen and oxygen atoms in total. The van der Waals surface area contributed by atoms with Gasteiger partial charge in [0.25, 0.3) is 0 Å². The molecule has 0 aliphatic heterocycles. The minimum absolute atomic E-state index is 0.300. The van der Waals surface area contributed by atoms with Crippen molar-refractivity contribution in [3.05, 3.63) is 36.2 Å². The Morgan fingerprint density at radius 1 is 1.19 bits per heavy atom. The van der Waals surface area contributed by atoms with E-state index in [2.05, 4.69) is 20.8 Å². The summed E-state index contributed by atoms with van der Waals surface area (Å²) in [5.74, 6) is 1.82. The van der Waals surface area contributed by atoms with Crippen molar-refractivity contribution in [3.63, 3.8) is 0 Å². The van der Waals surface area contributed by atoms with Crippen LogP contribution in [0.25, 0.3) is 5.69 Å². The van der Waals surface area contributed by atoms with Gasteiger partial charge >= 0.3 is 0 Å². The second-order valence-corrected chi connectivity index (χ2v) is 5.61. The van der Waals surface area contributed by atoms with E-state index in [1.165, 1.54) is 12.8 Å². The van der Waals surface area contributed by atoms with E-state index in [4.69, 9.17) is 0 Å². The molecule has 1 aromatic carbocycles. The summed E-state index contributed by atoms with van der Waals surface area (Å²) >= 11 is 0. The molecule has 2 unspecified atom stereocenters. The summed E-state index contributed by atoms with van der Waals surface area (Å²) in [5.41, 5.74) is 0.966. The lowest BCUT2D eigenvalue weighted by Crippen LogP contribution is -2.27. The number of nitrogens with one attached hydrogen (secondary N) is 1. The first kappa shape index (κ1) is 14.2. The van der Waals surface area contributed by atoms with Gasteiger partial charge < -0.3 is 10.4 Å². The molecule has 1 fully saturated rings. The molecule has 1 aliphatic rings. The number of aliphatic hydroxyl groups excluding tert-OH is 1. The molecule has 0 amide bonds. The van der Waals surface area contributed by atoms with E-state index < -0.39 is 0 Å². The molecule has 2 N–H and O–H groups in total. The maximum Gasteiger partial charge on any atom is 0.170 e. The van der Waals surface area contributed by atoms with Gasteiger partial charge in [0.1, 0.15) is 0 Å². The normalized spacial score (nSPS) is 21.8. The van der Waals surface area contributed by atoms with Gasteiger partial charge in [0.2, 0.25) is 0 Å². The van der Waals surface area contributed by atoms with E-state index in [0.29, 0.717) is 25.0 Å². The lowest BCUT2D eigenvalue weighted by molar-refractivity contribution is 0.192. The summed E-state index contributed by atoms with van der Waals surface area (Å²) in [5, 5.41) is 24.7. The van der Waals surface area contributed by atoms with Crippen molar-refractivity contribution in [1.82, 2.24) is 25.5 Å². The zero-order chi connectivity index (χ0) is 14.5. The van der Waals surface area contributed by atoms with Crippen molar-refractivity contribution >= 4 is 0 Å². The quantitative estimate of drug-likeness (QED) is 0.834. The predicted octanol–water partition coefficient (Wildman–Crippen LogP) is 1.16. The van der Waals surface area contributed by atoms with Gasteiger partial charge in [-0.25, -0.2) is 0 Å². The van der Waals surface area contributed by atoms with E-state index in [0.717, 1.165) is 24.5 Å². The van der Waals surface area contributed by atoms with E-state index in [1.54, 1.807) is 4.68 Å². The van der Waals surface area contributed by atoms with Crippen molar-refractivity contribution in [2.75, 3.05) is 13.2 Å². The van der Waals surface area contributed by atoms with Crippen LogP contribution in [0, 0.1) is 11.8 Å². The highest BCUT2D eigenvalue weighted by molar-refractivity contribution is 5.30. The summed E-state index contributed by atoms with van der Waals surface area (Å²) in [6, 6.07) is 9.88. The zero-order valence-corrected chi connectivity index (χ0v) is 12.0. The number of aromatic nitrogens is 4. The van der Waals surface area contributed by atoms with Gasteiger partial charge in [-0.05, 0) is 53.8 Å². The molecular formula is C15H21N5O. The molecule has 0 bridgehead atoms. The van der Waals surface area contributed by atoms with Gasteiger partial charge in [-0.15, -0.1) is 5.10 Å². The SMILES string of the molecule is OCC1CCCC1CNCc1nnnn1-c1ccccc1. The molecule has 6 heteroatoms. The summed E-state index contributed by atoms with van der Waals surface area (Å²) < 4.78 is 1.76. The van der Waals surface area contributed by atoms with Crippen LogP contribution in [0.4, 0.5) is 0 Å². The Kier molecular flexibility index (Phi) is 4.57.